The van der Waals surface area contributed by atoms with Gasteiger partial charge in [0.1, 0.15) is 24.2 Å². The molecule has 10 atom stereocenters. The first-order valence-electron chi connectivity index (χ1n) is 32.8. The molecule has 0 saturated carbocycles. The number of ketones is 2. The second kappa shape index (κ2) is 31.0. The van der Waals surface area contributed by atoms with Crippen LogP contribution in [-0.2, 0) is 64.3 Å². The molecule has 2 aliphatic carbocycles. The Labute approximate surface area is 542 Å². The molecule has 4 aromatic carbocycles. The molecule has 494 valence electrons. The number of fused-ring (bicyclic) bond motifs is 2. The van der Waals surface area contributed by atoms with E-state index >= 15 is 0 Å². The highest BCUT2D eigenvalue weighted by Crippen LogP contribution is 2.36. The van der Waals surface area contributed by atoms with Crippen molar-refractivity contribution in [3.63, 3.8) is 0 Å². The second-order valence-electron chi connectivity index (χ2n) is 27.9. The summed E-state index contributed by atoms with van der Waals surface area (Å²) < 4.78 is 0. The van der Waals surface area contributed by atoms with Crippen LogP contribution in [0.1, 0.15) is 186 Å². The van der Waals surface area contributed by atoms with Crippen LogP contribution in [0, 0.1) is 22.7 Å². The lowest BCUT2D eigenvalue weighted by molar-refractivity contribution is -0.144. The van der Waals surface area contributed by atoms with Gasteiger partial charge < -0.3 is 52.3 Å². The molecule has 3 unspecified atom stereocenters. The topological polar surface area (TPSA) is 273 Å². The fraction of sp³-hybridized carbons (Fsp3) is 0.528. The van der Waals surface area contributed by atoms with Crippen LogP contribution in [-0.4, -0.2) is 132 Å². The Morgan fingerprint density at radius 1 is 0.500 bits per heavy atom. The summed E-state index contributed by atoms with van der Waals surface area (Å²) in [6.45, 7) is 15.3. The number of benzene rings is 4. The van der Waals surface area contributed by atoms with Gasteiger partial charge in [-0.3, -0.25) is 47.9 Å². The molecule has 2 saturated heterocycles. The number of nitrogens with zero attached hydrogens (tertiary/aromatic N) is 2. The number of Topliss-reactive ketones (excluding diaryl/α,β-unsaturated/α-hetero) is 2. The van der Waals surface area contributed by atoms with Crippen molar-refractivity contribution in [3.8, 4) is 0 Å². The summed E-state index contributed by atoms with van der Waals surface area (Å²) in [6, 6.07) is 24.8. The predicted molar refractivity (Wildman–Crippen MR) is 351 cm³/mol. The van der Waals surface area contributed by atoms with Gasteiger partial charge in [0.05, 0.1) is 24.2 Å². The molecule has 8 amide bonds. The van der Waals surface area contributed by atoms with E-state index in [4.69, 9.17) is 0 Å². The summed E-state index contributed by atoms with van der Waals surface area (Å²) in [6.07, 6.45) is 5.76. The Bertz CT molecular complexity index is 3120. The molecule has 0 bridgehead atoms. The second-order valence-corrected chi connectivity index (χ2v) is 27.9. The molecule has 2 fully saturated rings. The SMILES string of the molecule is CN[C@@H](C)C(=O)NC(C(=O)N1C[C@@H](CC(=O)c2ccc(CNC(=O)CCC(=O)NCc3ccc(C(=O)C[C@H]4C[C@@H](C(=O)NC5CCCc6ccccc65)N(C(=O)[C@@H](NC(=O)[C@H](C)NC)C(C)(C)C)C4)cc3)cc2)C[C@H]1C(=O)NC1CCCc2ccccc21)C(C)(C)C. The van der Waals surface area contributed by atoms with Crippen molar-refractivity contribution in [3.05, 3.63) is 142 Å². The fourth-order valence-corrected chi connectivity index (χ4v) is 13.1. The zero-order chi connectivity index (χ0) is 66.6. The quantitative estimate of drug-likeness (QED) is 0.0324. The van der Waals surface area contributed by atoms with E-state index in [9.17, 15) is 47.9 Å². The maximum atomic E-state index is 14.6. The lowest BCUT2D eigenvalue weighted by atomic mass is 9.85. The summed E-state index contributed by atoms with van der Waals surface area (Å²) in [5.74, 6) is -3.69. The van der Waals surface area contributed by atoms with Crippen LogP contribution in [0.3, 0.4) is 0 Å². The lowest BCUT2D eigenvalue weighted by Crippen LogP contribution is -2.59. The van der Waals surface area contributed by atoms with Crippen molar-refractivity contribution in [1.29, 1.82) is 0 Å². The molecule has 20 nitrogen and oxygen atoms in total. The third kappa shape index (κ3) is 17.9. The van der Waals surface area contributed by atoms with E-state index in [1.54, 1.807) is 86.3 Å². The summed E-state index contributed by atoms with van der Waals surface area (Å²) in [7, 11) is 3.33. The number of amides is 8. The van der Waals surface area contributed by atoms with Crippen molar-refractivity contribution in [2.75, 3.05) is 27.2 Å². The number of hydrogen-bond donors (Lipinski definition) is 8. The van der Waals surface area contributed by atoms with Crippen LogP contribution in [0.2, 0.25) is 0 Å². The highest BCUT2D eigenvalue weighted by molar-refractivity contribution is 5.99. The first-order chi connectivity index (χ1) is 43.7. The first kappa shape index (κ1) is 69.8. The van der Waals surface area contributed by atoms with Crippen LogP contribution in [0.4, 0.5) is 0 Å². The smallest absolute Gasteiger partial charge is 0.246 e. The molecule has 0 radical (unpaired) electrons. The van der Waals surface area contributed by atoms with Crippen LogP contribution in [0.5, 0.6) is 0 Å². The van der Waals surface area contributed by atoms with E-state index in [1.807, 2.05) is 77.9 Å². The van der Waals surface area contributed by atoms with Crippen molar-refractivity contribution >= 4 is 58.8 Å². The molecular weight excluding hydrogens is 1160 g/mol. The van der Waals surface area contributed by atoms with Gasteiger partial charge in [-0.25, -0.2) is 0 Å². The summed E-state index contributed by atoms with van der Waals surface area (Å²) in [4.78, 5) is 141. The Hall–Kier alpha value is -8.10. The Kier molecular flexibility index (Phi) is 23.5. The van der Waals surface area contributed by atoms with E-state index in [0.717, 1.165) is 60.8 Å². The normalized spacial score (nSPS) is 20.8. The molecule has 92 heavy (non-hydrogen) atoms. The van der Waals surface area contributed by atoms with Gasteiger partial charge in [0.2, 0.25) is 47.3 Å². The molecule has 20 heteroatoms. The Morgan fingerprint density at radius 3 is 1.21 bits per heavy atom. The number of likely N-dealkylation sites (tertiary alicyclic amines) is 2. The fourth-order valence-electron chi connectivity index (χ4n) is 13.1. The summed E-state index contributed by atoms with van der Waals surface area (Å²) in [5.41, 5.74) is 5.47. The van der Waals surface area contributed by atoms with Gasteiger partial charge in [-0.2, -0.15) is 0 Å². The monoisotopic (exact) mass is 1260 g/mol. The summed E-state index contributed by atoms with van der Waals surface area (Å²) >= 11 is 0. The number of carbonyl (C=O) groups is 10. The van der Waals surface area contributed by atoms with E-state index in [-0.39, 0.29) is 147 Å². The van der Waals surface area contributed by atoms with Gasteiger partial charge in [0.25, 0.3) is 0 Å². The number of nitrogens with one attached hydrogen (secondary N) is 8. The van der Waals surface area contributed by atoms with Gasteiger partial charge in [-0.05, 0) is 135 Å². The molecule has 2 aliphatic heterocycles. The maximum absolute atomic E-state index is 14.6. The van der Waals surface area contributed by atoms with Gasteiger partial charge in [-0.15, -0.1) is 0 Å². The molecule has 0 aromatic heterocycles. The Balaban J connectivity index is 0.804. The minimum Gasteiger partial charge on any atom is -0.352 e. The van der Waals surface area contributed by atoms with Gasteiger partial charge in [0.15, 0.2) is 11.6 Å². The molecule has 0 spiro atoms. The Morgan fingerprint density at radius 2 is 0.859 bits per heavy atom. The molecule has 4 aliphatic rings. The molecule has 2 heterocycles. The average Bonchev–Trinajstić information content (AvgIpc) is 1.60. The van der Waals surface area contributed by atoms with Crippen LogP contribution < -0.4 is 42.5 Å². The number of aryl methyl sites for hydroxylation is 2. The third-order valence-corrected chi connectivity index (χ3v) is 18.8. The molecular formula is C72H96N10O10. The van der Waals surface area contributed by atoms with Gasteiger partial charge >= 0.3 is 0 Å². The van der Waals surface area contributed by atoms with Crippen LogP contribution >= 0.6 is 0 Å². The van der Waals surface area contributed by atoms with E-state index in [1.165, 1.54) is 11.1 Å². The zero-order valence-corrected chi connectivity index (χ0v) is 55.3. The minimum atomic E-state index is -0.937. The van der Waals surface area contributed by atoms with Crippen LogP contribution in [0.25, 0.3) is 0 Å². The van der Waals surface area contributed by atoms with Gasteiger partial charge in [-0.1, -0.05) is 139 Å². The molecule has 8 rings (SSSR count). The minimum absolute atomic E-state index is 0.0655. The zero-order valence-electron chi connectivity index (χ0n) is 55.3. The first-order valence-corrected chi connectivity index (χ1v) is 32.8. The van der Waals surface area contributed by atoms with Crippen molar-refractivity contribution in [1.82, 2.24) is 52.3 Å². The largest absolute Gasteiger partial charge is 0.352 e. The van der Waals surface area contributed by atoms with E-state index < -0.39 is 47.1 Å². The summed E-state index contributed by atoms with van der Waals surface area (Å²) in [5, 5.41) is 23.9. The van der Waals surface area contributed by atoms with Crippen LogP contribution in [0.15, 0.2) is 97.1 Å². The van der Waals surface area contributed by atoms with Crippen molar-refractivity contribution < 1.29 is 47.9 Å². The van der Waals surface area contributed by atoms with Gasteiger partial charge in [0, 0.05) is 63.0 Å². The van der Waals surface area contributed by atoms with Crippen molar-refractivity contribution in [2.45, 2.75) is 194 Å². The average molecular weight is 1260 g/mol. The number of hydrogen-bond acceptors (Lipinski definition) is 12. The number of likely N-dealkylation sites (N-methyl/N-ethyl adjacent to an activating group) is 2. The molecule has 4 aromatic rings. The third-order valence-electron chi connectivity index (χ3n) is 18.8. The number of rotatable bonds is 25. The number of carbonyl (C=O) groups excluding carboxylic acids is 10. The lowest BCUT2D eigenvalue weighted by Gasteiger charge is -2.36. The van der Waals surface area contributed by atoms with E-state index in [2.05, 4.69) is 54.7 Å². The molecule has 8 N–H and O–H groups in total. The van der Waals surface area contributed by atoms with E-state index in [0.29, 0.717) is 11.1 Å². The standard InChI is InChI=1S/C72H96N10O10/c1-43(73-9)65(87)79-63(71(3,4)5)69(91)81-41-47(35-57(81)67(89)77-55-23-15-19-49-17-11-13-21-53(49)55)37-59(83)51-29-25-45(26-30-51)39-75-61(85)33-34-62(86)76-40-46-27-31-52(32-28-46)60(84)38-48-36-58(68(90)78-56-24-16-20-50-18-12-14-22-54(50)56)82(42-48)70(92)64(72(6,7)8)80-66(88)44(2)74-10/h11-14,17-18,21-22,25-32,43-44,47-48,55-58,63-64,73-74H,15-16,19-20,23-24,33-42H2,1-10H3,(H,75,85)(H,76,86)(H,77,89)(H,78,90)(H,79,87)(H,80,88)/t43-,44-,47+,48+,55?,56?,57-,58-,63+,64?/m0/s1. The highest BCUT2D eigenvalue weighted by atomic mass is 16.2. The van der Waals surface area contributed by atoms with Crippen molar-refractivity contribution in [2.24, 2.45) is 22.7 Å². The maximum Gasteiger partial charge on any atom is 0.246 e. The predicted octanol–water partition coefficient (Wildman–Crippen LogP) is 6.64. The highest BCUT2D eigenvalue weighted by Gasteiger charge is 2.48.